The molecule has 0 saturated heterocycles. The molecule has 0 radical (unpaired) electrons. The van der Waals surface area contributed by atoms with Gasteiger partial charge in [0.05, 0.1) is 12.0 Å². The molecular weight excluding hydrogens is 253 g/mol. The van der Waals surface area contributed by atoms with Crippen LogP contribution in [0.3, 0.4) is 0 Å². The second-order valence-electron chi connectivity index (χ2n) is 5.87. The number of hydrogen-bond acceptors (Lipinski definition) is 1. The summed E-state index contributed by atoms with van der Waals surface area (Å²) in [7, 11) is 0. The largest absolute Gasteiger partial charge is 0.393 e. The number of halogens is 3. The molecule has 4 heteroatoms. The van der Waals surface area contributed by atoms with E-state index in [9.17, 15) is 18.3 Å². The predicted octanol–water partition coefficient (Wildman–Crippen LogP) is 5.08. The lowest BCUT2D eigenvalue weighted by Gasteiger charge is -2.36. The number of unbranched alkanes of at least 4 members (excludes halogenated alkanes) is 4. The summed E-state index contributed by atoms with van der Waals surface area (Å²) in [6.45, 7) is 2.13. The molecule has 19 heavy (non-hydrogen) atoms. The van der Waals surface area contributed by atoms with Crippen molar-refractivity contribution in [2.45, 2.75) is 83.4 Å². The van der Waals surface area contributed by atoms with Gasteiger partial charge in [-0.05, 0) is 25.2 Å². The van der Waals surface area contributed by atoms with Gasteiger partial charge in [-0.2, -0.15) is 13.2 Å². The van der Waals surface area contributed by atoms with Gasteiger partial charge < -0.3 is 5.11 Å². The minimum atomic E-state index is -4.14. The van der Waals surface area contributed by atoms with Crippen LogP contribution in [0.5, 0.6) is 0 Å². The second-order valence-corrected chi connectivity index (χ2v) is 5.87. The first-order valence-corrected chi connectivity index (χ1v) is 7.71. The van der Waals surface area contributed by atoms with Crippen molar-refractivity contribution in [1.29, 1.82) is 0 Å². The highest BCUT2D eigenvalue weighted by molar-refractivity contribution is 4.84. The average Bonchev–Trinajstić information content (AvgIpc) is 2.37. The summed E-state index contributed by atoms with van der Waals surface area (Å²) in [5.41, 5.74) is 0. The lowest BCUT2D eigenvalue weighted by molar-refractivity contribution is -0.207. The molecule has 1 saturated carbocycles. The van der Waals surface area contributed by atoms with Gasteiger partial charge in [-0.1, -0.05) is 51.9 Å². The number of aliphatic hydroxyl groups is 1. The van der Waals surface area contributed by atoms with Gasteiger partial charge in [0.1, 0.15) is 0 Å². The summed E-state index contributed by atoms with van der Waals surface area (Å²) in [6.07, 6.45) is 3.12. The van der Waals surface area contributed by atoms with Crippen LogP contribution in [0.4, 0.5) is 13.2 Å². The van der Waals surface area contributed by atoms with Crippen LogP contribution in [-0.2, 0) is 0 Å². The fourth-order valence-corrected chi connectivity index (χ4v) is 3.20. The molecule has 0 amide bonds. The van der Waals surface area contributed by atoms with Gasteiger partial charge in [-0.3, -0.25) is 0 Å². The van der Waals surface area contributed by atoms with E-state index in [-0.39, 0.29) is 6.42 Å². The highest BCUT2D eigenvalue weighted by Crippen LogP contribution is 2.43. The van der Waals surface area contributed by atoms with Gasteiger partial charge in [0.15, 0.2) is 0 Å². The fraction of sp³-hybridized carbons (Fsp3) is 1.00. The van der Waals surface area contributed by atoms with E-state index in [0.717, 1.165) is 32.1 Å². The molecule has 0 heterocycles. The molecule has 0 aromatic carbocycles. The van der Waals surface area contributed by atoms with E-state index >= 15 is 0 Å². The lowest BCUT2D eigenvalue weighted by Crippen LogP contribution is -2.39. The third kappa shape index (κ3) is 5.72. The van der Waals surface area contributed by atoms with Gasteiger partial charge >= 0.3 is 6.18 Å². The topological polar surface area (TPSA) is 20.2 Å². The van der Waals surface area contributed by atoms with Crippen molar-refractivity contribution in [2.24, 2.45) is 11.8 Å². The van der Waals surface area contributed by atoms with Crippen LogP contribution in [0.2, 0.25) is 0 Å². The highest BCUT2D eigenvalue weighted by Gasteiger charge is 2.47. The number of rotatable bonds is 7. The van der Waals surface area contributed by atoms with Crippen molar-refractivity contribution in [3.8, 4) is 0 Å². The molecule has 1 rings (SSSR count). The van der Waals surface area contributed by atoms with Crippen LogP contribution in [0.15, 0.2) is 0 Å². The molecule has 1 fully saturated rings. The molecule has 1 aliphatic carbocycles. The Labute approximate surface area is 114 Å². The summed E-state index contributed by atoms with van der Waals surface area (Å²) in [4.78, 5) is 0. The van der Waals surface area contributed by atoms with E-state index < -0.39 is 24.1 Å². The maximum atomic E-state index is 12.9. The molecule has 0 spiro atoms. The molecule has 3 unspecified atom stereocenters. The van der Waals surface area contributed by atoms with E-state index in [1.165, 1.54) is 6.42 Å². The van der Waals surface area contributed by atoms with E-state index in [4.69, 9.17) is 0 Å². The first-order chi connectivity index (χ1) is 8.96. The zero-order valence-electron chi connectivity index (χ0n) is 11.9. The van der Waals surface area contributed by atoms with Gasteiger partial charge in [0.2, 0.25) is 0 Å². The van der Waals surface area contributed by atoms with Crippen molar-refractivity contribution >= 4 is 0 Å². The van der Waals surface area contributed by atoms with Crippen LogP contribution in [0, 0.1) is 11.8 Å². The van der Waals surface area contributed by atoms with Crippen molar-refractivity contribution in [3.05, 3.63) is 0 Å². The van der Waals surface area contributed by atoms with Crippen molar-refractivity contribution in [1.82, 2.24) is 0 Å². The van der Waals surface area contributed by atoms with Crippen molar-refractivity contribution in [3.63, 3.8) is 0 Å². The van der Waals surface area contributed by atoms with E-state index in [1.807, 2.05) is 0 Å². The van der Waals surface area contributed by atoms with Gasteiger partial charge in [0, 0.05) is 0 Å². The molecule has 0 aromatic rings. The zero-order chi connectivity index (χ0) is 14.3. The third-order valence-electron chi connectivity index (χ3n) is 4.34. The highest BCUT2D eigenvalue weighted by atomic mass is 19.4. The summed E-state index contributed by atoms with van der Waals surface area (Å²) >= 11 is 0. The fourth-order valence-electron chi connectivity index (χ4n) is 3.20. The SMILES string of the molecule is CCCCCCCC(O)C1CCCCC1C(F)(F)F. The van der Waals surface area contributed by atoms with Crippen molar-refractivity contribution in [2.75, 3.05) is 0 Å². The molecule has 0 aromatic heterocycles. The van der Waals surface area contributed by atoms with E-state index in [2.05, 4.69) is 6.92 Å². The second kappa shape index (κ2) is 8.13. The first kappa shape index (κ1) is 16.8. The summed E-state index contributed by atoms with van der Waals surface area (Å²) in [6, 6.07) is 0. The Bertz CT molecular complexity index is 240. The number of aliphatic hydroxyl groups excluding tert-OH is 1. The summed E-state index contributed by atoms with van der Waals surface area (Å²) < 4.78 is 38.8. The molecule has 0 aliphatic heterocycles. The maximum absolute atomic E-state index is 12.9. The standard InChI is InChI=1S/C15H27F3O/c1-2-3-4-5-6-11-14(19)12-9-7-8-10-13(12)15(16,17)18/h12-14,19H,2-11H2,1H3. The van der Waals surface area contributed by atoms with Crippen LogP contribution in [0.1, 0.15) is 71.1 Å². The number of hydrogen-bond donors (Lipinski definition) is 1. The van der Waals surface area contributed by atoms with Gasteiger partial charge in [0.25, 0.3) is 0 Å². The predicted molar refractivity (Wildman–Crippen MR) is 70.9 cm³/mol. The maximum Gasteiger partial charge on any atom is 0.392 e. The smallest absolute Gasteiger partial charge is 0.392 e. The van der Waals surface area contributed by atoms with Crippen LogP contribution in [-0.4, -0.2) is 17.4 Å². The lowest BCUT2D eigenvalue weighted by atomic mass is 9.74. The molecule has 1 aliphatic rings. The molecule has 1 nitrogen and oxygen atoms in total. The molecule has 3 atom stereocenters. The van der Waals surface area contributed by atoms with Gasteiger partial charge in [-0.25, -0.2) is 0 Å². The van der Waals surface area contributed by atoms with Crippen LogP contribution >= 0.6 is 0 Å². The monoisotopic (exact) mass is 280 g/mol. The Morgan fingerprint density at radius 1 is 1.05 bits per heavy atom. The molecule has 1 N–H and O–H groups in total. The molecule has 114 valence electrons. The quantitative estimate of drug-likeness (QED) is 0.645. The minimum Gasteiger partial charge on any atom is -0.393 e. The summed E-state index contributed by atoms with van der Waals surface area (Å²) in [5.74, 6) is -1.85. The zero-order valence-corrected chi connectivity index (χ0v) is 11.9. The van der Waals surface area contributed by atoms with Crippen LogP contribution < -0.4 is 0 Å². The summed E-state index contributed by atoms with van der Waals surface area (Å²) in [5, 5.41) is 10.1. The third-order valence-corrected chi connectivity index (χ3v) is 4.34. The minimum absolute atomic E-state index is 0.195. The molecule has 0 bridgehead atoms. The Morgan fingerprint density at radius 3 is 2.32 bits per heavy atom. The molecular formula is C15H27F3O. The van der Waals surface area contributed by atoms with E-state index in [1.54, 1.807) is 0 Å². The number of alkyl halides is 3. The Hall–Kier alpha value is -0.250. The van der Waals surface area contributed by atoms with Gasteiger partial charge in [-0.15, -0.1) is 0 Å². The van der Waals surface area contributed by atoms with Crippen molar-refractivity contribution < 1.29 is 18.3 Å². The average molecular weight is 280 g/mol. The Balaban J connectivity index is 2.37. The Kier molecular flexibility index (Phi) is 7.19. The first-order valence-electron chi connectivity index (χ1n) is 7.71. The normalized spacial score (nSPS) is 26.4. The van der Waals surface area contributed by atoms with E-state index in [0.29, 0.717) is 19.3 Å². The van der Waals surface area contributed by atoms with Crippen LogP contribution in [0.25, 0.3) is 0 Å². The Morgan fingerprint density at radius 2 is 1.68 bits per heavy atom.